The van der Waals surface area contributed by atoms with Gasteiger partial charge in [0.15, 0.2) is 17.3 Å². The van der Waals surface area contributed by atoms with E-state index in [4.69, 9.17) is 46.8 Å². The molecule has 34 nitrogen and oxygen atoms in total. The van der Waals surface area contributed by atoms with Gasteiger partial charge in [-0.3, -0.25) is 58.1 Å². The Hall–Kier alpha value is -10.8. The smallest absolute Gasteiger partial charge is 0.409 e. The number of nitrogens with two attached hydrogens (primary N) is 2. The highest BCUT2D eigenvalue weighted by Gasteiger charge is 2.65. The summed E-state index contributed by atoms with van der Waals surface area (Å²) in [5, 5.41) is 56.9. The number of unbranched alkanes of at least 4 members (excludes halogenated alkanes) is 1. The molecule has 17 atom stereocenters. The van der Waals surface area contributed by atoms with Crippen LogP contribution in [-0.4, -0.2) is 257 Å². The maximum absolute atomic E-state index is 15.3. The molecular weight excluding hydrogens is 1870 g/mol. The third-order valence-corrected chi connectivity index (χ3v) is 30.8. The van der Waals surface area contributed by atoms with Crippen molar-refractivity contribution in [1.29, 1.82) is 0 Å². The van der Waals surface area contributed by atoms with E-state index in [0.29, 0.717) is 59.6 Å². The van der Waals surface area contributed by atoms with E-state index in [2.05, 4.69) is 47.5 Å². The fourth-order valence-corrected chi connectivity index (χ4v) is 21.9. The third kappa shape index (κ3) is 29.4. The van der Waals surface area contributed by atoms with E-state index in [1.54, 1.807) is 80.7 Å². The number of benzene rings is 5. The highest BCUT2D eigenvalue weighted by atomic mass is 35.5. The molecule has 0 radical (unpaired) electrons. The summed E-state index contributed by atoms with van der Waals surface area (Å²) in [4.78, 5) is 195. The first-order chi connectivity index (χ1) is 66.0. The number of allylic oxidation sites excluding steroid dienone is 4. The number of nitrogens with zero attached hydrogens (tertiary/aromatic N) is 2. The van der Waals surface area contributed by atoms with E-state index in [-0.39, 0.29) is 111 Å². The summed E-state index contributed by atoms with van der Waals surface area (Å²) in [5.74, 6) is -9.78. The van der Waals surface area contributed by atoms with Crippen molar-refractivity contribution in [3.8, 4) is 11.5 Å². The van der Waals surface area contributed by atoms with Crippen LogP contribution in [0.25, 0.3) is 16.5 Å². The second-order valence-corrected chi connectivity index (χ2v) is 41.4. The van der Waals surface area contributed by atoms with E-state index in [1.165, 1.54) is 85.7 Å². The number of alkyl carbamates (subject to hydrolysis) is 1. The summed E-state index contributed by atoms with van der Waals surface area (Å²) >= 11 is 6.90. The minimum Gasteiger partial charge on any atom is -0.508 e. The van der Waals surface area contributed by atoms with Gasteiger partial charge in [0.1, 0.15) is 70.6 Å². The van der Waals surface area contributed by atoms with E-state index < -0.39 is 186 Å². The number of carbonyl (C=O) groups excluding carboxylic acids is 13. The number of esters is 1. The molecule has 4 aliphatic heterocycles. The van der Waals surface area contributed by atoms with Crippen LogP contribution in [0.4, 0.5) is 10.5 Å². The molecular formula is C99H126ClN13O21S4. The van der Waals surface area contributed by atoms with E-state index in [1.807, 2.05) is 73.7 Å². The number of aliphatic hydroxyl groups excluding tert-OH is 1. The first kappa shape index (κ1) is 108. The first-order valence-electron chi connectivity index (χ1n) is 46.2. The standard InChI is InChI=1S/C99H126ClN13O21S4/c1-56-21-19-30-82(131-9)99(129)52-81(132-97(128)111-99)57(2)89-98(5,134-89)83(51-86(120)113(7)77-46-62(43-56)47-80(130-8)87(77)100)133-96(127)58(3)112(6)85(119)38-42-136-135-41-37-84(118)103-40-20-29-78(116)73(49-66-53-104-71-27-16-15-26-69(66)71)106-94(125)76-55-138-137-54-75(108-91(122)70(102)45-60-22-11-10-12-23-60)79(117)50-65(44-61-31-35-67(115)36-32-61)90(121)107-74(48-64-34-33-63-24-13-14-25-68(63)64)93(124)105-72(28-17-18-39-101)92(123)110-88(59(4)114)95(126)109-76/h10-16,19,21-27,30-32,34-36,46-47,53,57-59,65,70,72-76,81-83,88-89,104,114-115,129H,17-18,20,28-29,33,37-45,48-52,54-55,101-102H2,1-9H3,(H,103,118)(H,105,124)(H,106,125)(H,107,121)(H,108,122)(H,109,126)(H,110,123)(H,111,128)/b30-19+,56-21+/t57-,58+,59-,65-,70-,72+,73+,74-,75+,76+,81+,82-,83+,88+,89+,98+,99+/m1/s1. The number of Topliss-reactive ketones (excluding diaryl/α,β-unsaturated/α-hetero) is 2. The number of hydrogen-bond donors (Lipinski definition) is 14. The van der Waals surface area contributed by atoms with E-state index in [9.17, 15) is 58.5 Å². The number of anilines is 1. The largest absolute Gasteiger partial charge is 0.508 e. The van der Waals surface area contributed by atoms with Crippen LogP contribution < -0.4 is 63.6 Å². The molecule has 138 heavy (non-hydrogen) atoms. The number of aromatic hydroxyl groups is 1. The second-order valence-electron chi connectivity index (χ2n) is 35.7. The highest BCUT2D eigenvalue weighted by Crippen LogP contribution is 2.50. The third-order valence-electron chi connectivity index (χ3n) is 25.5. The van der Waals surface area contributed by atoms with Crippen LogP contribution in [0, 0.1) is 11.8 Å². The fraction of sp³-hybridized carbons (Fsp3) is 0.485. The predicted octanol–water partition coefficient (Wildman–Crippen LogP) is 7.80. The number of phenolic OH excluding ortho intramolecular Hbond substituents is 1. The van der Waals surface area contributed by atoms with Crippen molar-refractivity contribution in [2.45, 2.75) is 228 Å². The van der Waals surface area contributed by atoms with Gasteiger partial charge >= 0.3 is 12.1 Å². The summed E-state index contributed by atoms with van der Waals surface area (Å²) in [6, 6.07) is 22.3. The molecule has 1 aromatic heterocycles. The number of ether oxygens (including phenoxy) is 5. The number of phenols is 1. The minimum atomic E-state index is -1.93. The predicted molar refractivity (Wildman–Crippen MR) is 531 cm³/mol. The Morgan fingerprint density at radius 2 is 1.51 bits per heavy atom. The Labute approximate surface area is 823 Å². The van der Waals surface area contributed by atoms with Gasteiger partial charge in [0, 0.05) is 125 Å². The van der Waals surface area contributed by atoms with Crippen molar-refractivity contribution >= 4 is 154 Å². The van der Waals surface area contributed by atoms with Gasteiger partial charge in [-0.1, -0.05) is 177 Å². The van der Waals surface area contributed by atoms with Crippen molar-refractivity contribution in [1.82, 2.24) is 52.4 Å². The van der Waals surface area contributed by atoms with Crippen LogP contribution in [0.5, 0.6) is 11.5 Å². The number of ketones is 2. The SMILES string of the molecule is COc1cc2cc(c1Cl)N(C)C(=O)C[C@H](OC(=O)[C@H](C)N(C)C(=O)CCSSCCC(=O)NCCCC(=O)[C@H](Cc1c[nH]c3ccccc13)NC(=O)[C@@H]1CSSC[C@H](NC(=O)[C@H](N)Cc3ccccc3)C(=O)C[C@@H](Cc3ccc(O)cc3)C(=O)N[C@H](CC3=CCc4ccccc43)C(=O)N[C@@H](CCCCN)C(=O)N[C@@H]([C@@H](C)O)C(=O)N1)[C@]1(C)O[C@H]1[C@H](C)[C@@H]1C[C@@](O)(NC(=O)O1)[C@H](OC)/C=C/C=C(\C)C2. The van der Waals surface area contributed by atoms with Crippen LogP contribution in [0.2, 0.25) is 5.02 Å². The van der Waals surface area contributed by atoms with Gasteiger partial charge < -0.3 is 102 Å². The van der Waals surface area contributed by atoms with Crippen molar-refractivity contribution in [2.75, 3.05) is 69.3 Å². The summed E-state index contributed by atoms with van der Waals surface area (Å²) in [5.41, 5.74) is 16.3. The zero-order valence-electron chi connectivity index (χ0n) is 78.8. The van der Waals surface area contributed by atoms with E-state index >= 15 is 19.2 Å². The number of H-pyrrole nitrogens is 1. The van der Waals surface area contributed by atoms with Gasteiger partial charge in [-0.05, 0) is 155 Å². The molecule has 744 valence electrons. The number of epoxide rings is 1. The van der Waals surface area contributed by atoms with Crippen molar-refractivity contribution in [2.24, 2.45) is 23.3 Å². The number of nitrogens with one attached hydrogen (secondary N) is 9. The Morgan fingerprint density at radius 1 is 0.804 bits per heavy atom. The lowest BCUT2D eigenvalue weighted by atomic mass is 9.83. The van der Waals surface area contributed by atoms with Crippen molar-refractivity contribution < 1.29 is 101 Å². The number of aliphatic hydroxyl groups is 2. The van der Waals surface area contributed by atoms with Crippen molar-refractivity contribution in [3.63, 3.8) is 0 Å². The number of amides is 10. The number of carbonyl (C=O) groups is 13. The molecule has 5 heterocycles. The highest BCUT2D eigenvalue weighted by molar-refractivity contribution is 8.77. The maximum Gasteiger partial charge on any atom is 0.409 e. The topological polar surface area (TPSA) is 503 Å². The lowest BCUT2D eigenvalue weighted by Crippen LogP contribution is -2.63. The molecule has 5 aliphatic rings. The molecule has 3 fully saturated rings. The Kier molecular flexibility index (Phi) is 39.7. The quantitative estimate of drug-likeness (QED) is 0.00792. The molecule has 11 rings (SSSR count). The average Bonchev–Trinajstić information content (AvgIpc) is 1.57. The molecule has 5 aromatic carbocycles. The van der Waals surface area contributed by atoms with Gasteiger partial charge in [-0.25, -0.2) is 9.59 Å². The van der Waals surface area contributed by atoms with Crippen LogP contribution in [0.1, 0.15) is 139 Å². The van der Waals surface area contributed by atoms with E-state index in [0.717, 1.165) is 60.3 Å². The molecule has 1 aliphatic carbocycles. The summed E-state index contributed by atoms with van der Waals surface area (Å²) < 4.78 is 29.7. The Bertz CT molecular complexity index is 5440. The number of rotatable bonds is 34. The molecule has 0 saturated carbocycles. The van der Waals surface area contributed by atoms with Crippen molar-refractivity contribution in [3.05, 3.63) is 190 Å². The summed E-state index contributed by atoms with van der Waals surface area (Å²) in [7, 11) is 10.5. The number of aromatic amines is 1. The van der Waals surface area contributed by atoms with Gasteiger partial charge in [0.25, 0.3) is 0 Å². The van der Waals surface area contributed by atoms with Crippen LogP contribution in [0.3, 0.4) is 0 Å². The lowest BCUT2D eigenvalue weighted by Gasteiger charge is -2.42. The van der Waals surface area contributed by atoms with Crippen LogP contribution in [-0.2, 0) is 109 Å². The number of aromatic nitrogens is 1. The second kappa shape index (κ2) is 50.9. The zero-order chi connectivity index (χ0) is 99.7. The summed E-state index contributed by atoms with van der Waals surface area (Å²) in [6.07, 6.45) is 2.56. The molecule has 6 aromatic rings. The Morgan fingerprint density at radius 3 is 2.24 bits per heavy atom. The van der Waals surface area contributed by atoms with Gasteiger partial charge in [0.05, 0.1) is 49.6 Å². The average molecular weight is 2000 g/mol. The monoisotopic (exact) mass is 2000 g/mol. The van der Waals surface area contributed by atoms with Crippen LogP contribution >= 0.6 is 54.8 Å². The number of methoxy groups -OCH3 is 2. The zero-order valence-corrected chi connectivity index (χ0v) is 82.8. The van der Waals surface area contributed by atoms with Gasteiger partial charge in [-0.15, -0.1) is 0 Å². The Balaban J connectivity index is 0.741. The van der Waals surface area contributed by atoms with Gasteiger partial charge in [0.2, 0.25) is 53.2 Å². The first-order valence-corrected chi connectivity index (χ1v) is 51.6. The number of fused-ring (bicyclic) bond motifs is 7. The molecule has 0 spiro atoms. The molecule has 4 bridgehead atoms. The number of likely N-dealkylation sites (N-methyl/N-ethyl adjacent to an activating group) is 1. The molecule has 3 saturated heterocycles. The number of halogens is 1. The lowest BCUT2D eigenvalue weighted by molar-refractivity contribution is -0.162. The molecule has 10 amide bonds. The molecule has 39 heteroatoms. The molecule has 0 unspecified atom stereocenters. The molecule has 16 N–H and O–H groups in total. The van der Waals surface area contributed by atoms with Gasteiger partial charge in [-0.2, -0.15) is 0 Å². The maximum atomic E-state index is 15.3. The number of hydrogen-bond acceptors (Lipinski definition) is 27. The number of para-hydroxylation sites is 1. The normalized spacial score (nSPS) is 25.1. The van der Waals surface area contributed by atoms with Crippen LogP contribution in [0.15, 0.2) is 151 Å². The fourth-order valence-electron chi connectivity index (χ4n) is 17.2. The summed E-state index contributed by atoms with van der Waals surface area (Å²) in [6.45, 7) is 8.31. The minimum absolute atomic E-state index is 0.0258.